The highest BCUT2D eigenvalue weighted by Gasteiger charge is 2.41. The summed E-state index contributed by atoms with van der Waals surface area (Å²) >= 11 is 0. The van der Waals surface area contributed by atoms with E-state index in [4.69, 9.17) is 9.72 Å². The van der Waals surface area contributed by atoms with Crippen LogP contribution in [-0.2, 0) is 10.2 Å². The van der Waals surface area contributed by atoms with E-state index in [1.54, 1.807) is 0 Å². The van der Waals surface area contributed by atoms with Crippen molar-refractivity contribution in [1.29, 1.82) is 0 Å². The molecule has 1 aromatic heterocycles. The number of anilines is 1. The number of ether oxygens (including phenoxy) is 1. The van der Waals surface area contributed by atoms with Gasteiger partial charge in [0.25, 0.3) is 0 Å². The van der Waals surface area contributed by atoms with Crippen LogP contribution < -0.4 is 10.1 Å². The van der Waals surface area contributed by atoms with Gasteiger partial charge in [-0.15, -0.1) is 0 Å². The molecule has 5 heteroatoms. The van der Waals surface area contributed by atoms with Crippen LogP contribution in [0.4, 0.5) is 5.69 Å². The van der Waals surface area contributed by atoms with Gasteiger partial charge in [0.15, 0.2) is 0 Å². The van der Waals surface area contributed by atoms with Gasteiger partial charge in [0, 0.05) is 30.6 Å². The Balaban J connectivity index is 1.12. The molecule has 1 N–H and O–H groups in total. The molecule has 2 aromatic carbocycles. The van der Waals surface area contributed by atoms with Crippen molar-refractivity contribution in [3.05, 3.63) is 70.9 Å². The van der Waals surface area contributed by atoms with Crippen molar-refractivity contribution in [3.8, 4) is 5.75 Å². The van der Waals surface area contributed by atoms with Gasteiger partial charge in [0.05, 0.1) is 28.9 Å². The van der Waals surface area contributed by atoms with Gasteiger partial charge in [0.2, 0.25) is 5.91 Å². The Hall–Kier alpha value is -3.18. The maximum absolute atomic E-state index is 12.4. The number of hydrogen-bond acceptors (Lipinski definition) is 4. The highest BCUT2D eigenvalue weighted by Crippen LogP contribution is 2.45. The molecule has 0 bridgehead atoms. The number of likely N-dealkylation sites (tertiary alicyclic amines) is 1. The molecule has 176 valence electrons. The first-order chi connectivity index (χ1) is 16.4. The molecule has 0 radical (unpaired) electrons. The van der Waals surface area contributed by atoms with E-state index in [0.717, 1.165) is 72.7 Å². The van der Waals surface area contributed by atoms with Gasteiger partial charge in [-0.25, -0.2) is 4.98 Å². The minimum absolute atomic E-state index is 0.0396. The lowest BCUT2D eigenvalue weighted by atomic mass is 9.85. The number of nitrogens with one attached hydrogen (secondary N) is 1. The second-order valence-corrected chi connectivity index (χ2v) is 9.98. The van der Waals surface area contributed by atoms with Crippen molar-refractivity contribution in [2.45, 2.75) is 45.4 Å². The molecule has 5 rings (SSSR count). The van der Waals surface area contributed by atoms with Crippen molar-refractivity contribution < 1.29 is 9.53 Å². The fourth-order valence-electron chi connectivity index (χ4n) is 5.02. The lowest BCUT2D eigenvalue weighted by Crippen LogP contribution is -2.32. The smallest absolute Gasteiger partial charge is 0.234 e. The van der Waals surface area contributed by atoms with Gasteiger partial charge >= 0.3 is 0 Å². The predicted octanol–water partition coefficient (Wildman–Crippen LogP) is 5.72. The van der Waals surface area contributed by atoms with Crippen molar-refractivity contribution in [3.63, 3.8) is 0 Å². The summed E-state index contributed by atoms with van der Waals surface area (Å²) in [5.74, 6) is 0.869. The van der Waals surface area contributed by atoms with Crippen LogP contribution in [0.3, 0.4) is 0 Å². The number of aromatic nitrogens is 1. The minimum Gasteiger partial charge on any atom is -0.493 e. The minimum atomic E-state index is -0.563. The Morgan fingerprint density at radius 1 is 1.09 bits per heavy atom. The third-order valence-electron chi connectivity index (χ3n) is 7.15. The van der Waals surface area contributed by atoms with Crippen LogP contribution >= 0.6 is 0 Å². The summed E-state index contributed by atoms with van der Waals surface area (Å²) in [4.78, 5) is 19.7. The number of pyridine rings is 1. The number of nitrogens with zero attached hydrogens (tertiary/aromatic N) is 2. The van der Waals surface area contributed by atoms with Crippen LogP contribution in [0, 0.1) is 6.92 Å². The van der Waals surface area contributed by atoms with Crippen LogP contribution in [-0.4, -0.2) is 42.0 Å². The van der Waals surface area contributed by atoms with Gasteiger partial charge in [-0.3, -0.25) is 4.79 Å². The van der Waals surface area contributed by atoms with Crippen molar-refractivity contribution >= 4 is 28.6 Å². The van der Waals surface area contributed by atoms with Gasteiger partial charge in [-0.05, 0) is 69.9 Å². The Morgan fingerprint density at radius 2 is 1.88 bits per heavy atom. The third kappa shape index (κ3) is 4.45. The molecule has 1 amide bonds. The van der Waals surface area contributed by atoms with Crippen LogP contribution in [0.25, 0.3) is 17.0 Å². The molecular formula is C29H33N3O2. The number of amides is 1. The number of aryl methyl sites for hydroxylation is 1. The lowest BCUT2D eigenvalue weighted by Gasteiger charge is -2.28. The summed E-state index contributed by atoms with van der Waals surface area (Å²) in [6, 6.07) is 16.6. The first-order valence-electron chi connectivity index (χ1n) is 12.3. The average Bonchev–Trinajstić information content (AvgIpc) is 3.09. The SMILES string of the molecule is Cc1ccc(OCCCN2CCC(=Cc3ccc4ccccc4n3)CC2)c2c1NC(=O)C2(C)C. The van der Waals surface area contributed by atoms with E-state index >= 15 is 0 Å². The number of carbonyl (C=O) groups is 1. The maximum atomic E-state index is 12.4. The summed E-state index contributed by atoms with van der Waals surface area (Å²) in [5.41, 5.74) is 6.01. The molecule has 1 fully saturated rings. The second-order valence-electron chi connectivity index (χ2n) is 9.98. The number of piperidine rings is 1. The Morgan fingerprint density at radius 3 is 2.71 bits per heavy atom. The fourth-order valence-corrected chi connectivity index (χ4v) is 5.02. The molecule has 0 atom stereocenters. The Kier molecular flexibility index (Phi) is 6.13. The molecule has 2 aliphatic rings. The molecule has 0 unspecified atom stereocenters. The summed E-state index contributed by atoms with van der Waals surface area (Å²) < 4.78 is 6.18. The number of carbonyl (C=O) groups excluding carboxylic acids is 1. The predicted molar refractivity (Wildman–Crippen MR) is 138 cm³/mol. The van der Waals surface area contributed by atoms with Crippen LogP contribution in [0.2, 0.25) is 0 Å². The summed E-state index contributed by atoms with van der Waals surface area (Å²) in [5, 5.41) is 4.22. The van der Waals surface area contributed by atoms with Gasteiger partial charge in [0.1, 0.15) is 5.75 Å². The largest absolute Gasteiger partial charge is 0.493 e. The third-order valence-corrected chi connectivity index (χ3v) is 7.15. The highest BCUT2D eigenvalue weighted by molar-refractivity contribution is 6.07. The second kappa shape index (κ2) is 9.22. The zero-order valence-corrected chi connectivity index (χ0v) is 20.4. The summed E-state index contributed by atoms with van der Waals surface area (Å²) in [6.45, 7) is 9.78. The van der Waals surface area contributed by atoms with Gasteiger partial charge in [-0.1, -0.05) is 35.9 Å². The molecule has 2 aliphatic heterocycles. The van der Waals surface area contributed by atoms with E-state index in [9.17, 15) is 4.79 Å². The fraction of sp³-hybridized carbons (Fsp3) is 0.379. The molecule has 34 heavy (non-hydrogen) atoms. The quantitative estimate of drug-likeness (QED) is 0.483. The van der Waals surface area contributed by atoms with Crippen LogP contribution in [0.5, 0.6) is 5.75 Å². The Bertz CT molecular complexity index is 1250. The lowest BCUT2D eigenvalue weighted by molar-refractivity contribution is -0.119. The van der Waals surface area contributed by atoms with Crippen molar-refractivity contribution in [2.24, 2.45) is 0 Å². The highest BCUT2D eigenvalue weighted by atomic mass is 16.5. The number of benzene rings is 2. The summed E-state index contributed by atoms with van der Waals surface area (Å²) in [7, 11) is 0. The standard InChI is InChI=1S/C29H33N3O2/c1-20-9-12-25(26-27(20)31-28(33)29(26,2)3)34-18-6-15-32-16-13-21(14-17-32)19-23-11-10-22-7-4-5-8-24(22)30-23/h4-5,7-12,19H,6,13-18H2,1-3H3,(H,31,33). The molecule has 3 aromatic rings. The molecule has 3 heterocycles. The van der Waals surface area contributed by atoms with E-state index in [1.807, 2.05) is 39.0 Å². The van der Waals surface area contributed by atoms with Crippen LogP contribution in [0.15, 0.2) is 54.1 Å². The van der Waals surface area contributed by atoms with E-state index in [-0.39, 0.29) is 5.91 Å². The normalized spacial score (nSPS) is 17.5. The number of fused-ring (bicyclic) bond motifs is 2. The average molecular weight is 456 g/mol. The number of para-hydroxylation sites is 1. The maximum Gasteiger partial charge on any atom is 0.234 e. The number of hydrogen-bond donors (Lipinski definition) is 1. The molecular weight excluding hydrogens is 422 g/mol. The molecule has 0 aliphatic carbocycles. The van der Waals surface area contributed by atoms with E-state index in [1.165, 1.54) is 11.0 Å². The molecule has 5 nitrogen and oxygen atoms in total. The van der Waals surface area contributed by atoms with E-state index < -0.39 is 5.41 Å². The zero-order chi connectivity index (χ0) is 23.7. The molecule has 1 saturated heterocycles. The summed E-state index contributed by atoms with van der Waals surface area (Å²) in [6.07, 6.45) is 5.41. The first-order valence-corrected chi connectivity index (χ1v) is 12.3. The molecule has 0 saturated carbocycles. The molecule has 0 spiro atoms. The van der Waals surface area contributed by atoms with Crippen molar-refractivity contribution in [1.82, 2.24) is 9.88 Å². The van der Waals surface area contributed by atoms with Gasteiger partial charge < -0.3 is 15.0 Å². The van der Waals surface area contributed by atoms with E-state index in [0.29, 0.717) is 6.61 Å². The zero-order valence-electron chi connectivity index (χ0n) is 20.4. The Labute approximate surface area is 201 Å². The number of rotatable bonds is 6. The monoisotopic (exact) mass is 455 g/mol. The van der Waals surface area contributed by atoms with Crippen LogP contribution in [0.1, 0.15) is 49.9 Å². The van der Waals surface area contributed by atoms with E-state index in [2.05, 4.69) is 46.6 Å². The topological polar surface area (TPSA) is 54.5 Å². The first kappa shape index (κ1) is 22.6. The van der Waals surface area contributed by atoms with Crippen molar-refractivity contribution in [2.75, 3.05) is 31.6 Å². The van der Waals surface area contributed by atoms with Gasteiger partial charge in [-0.2, -0.15) is 0 Å².